The fraction of sp³-hybridized carbons (Fsp3) is 0.481. The van der Waals surface area contributed by atoms with Gasteiger partial charge in [-0.3, -0.25) is 9.59 Å². The van der Waals surface area contributed by atoms with E-state index in [-0.39, 0.29) is 11.9 Å². The molecule has 0 spiro atoms. The summed E-state index contributed by atoms with van der Waals surface area (Å²) in [5.41, 5.74) is 2.35. The molecule has 0 aromatic heterocycles. The Hall–Kier alpha value is -3.02. The van der Waals surface area contributed by atoms with Gasteiger partial charge in [0.2, 0.25) is 0 Å². The lowest BCUT2D eigenvalue weighted by atomic mass is 9.73. The van der Waals surface area contributed by atoms with Gasteiger partial charge in [0.05, 0.1) is 19.1 Å². The lowest BCUT2D eigenvalue weighted by molar-refractivity contribution is -0.158. The van der Waals surface area contributed by atoms with Crippen molar-refractivity contribution in [2.75, 3.05) is 44.8 Å². The standard InChI is InChI=1S/C27H34N2O4/c1-3-33-26(31)27(20-21-6-12-24(32-2)13-7-21)14-18-29(19-15-27)25(30)22-8-10-23(11-9-22)28-16-4-5-17-28/h6-13H,3-5,14-20H2,1-2H3. The summed E-state index contributed by atoms with van der Waals surface area (Å²) < 4.78 is 10.7. The molecule has 0 atom stereocenters. The minimum absolute atomic E-state index is 0.0323. The van der Waals surface area contributed by atoms with Gasteiger partial charge < -0.3 is 19.3 Å². The molecule has 2 aromatic carbocycles. The zero-order chi connectivity index (χ0) is 23.3. The molecule has 6 heteroatoms. The number of likely N-dealkylation sites (tertiary alicyclic amines) is 1. The van der Waals surface area contributed by atoms with Gasteiger partial charge in [0, 0.05) is 37.4 Å². The largest absolute Gasteiger partial charge is 0.497 e. The SMILES string of the molecule is CCOC(=O)C1(Cc2ccc(OC)cc2)CCN(C(=O)c2ccc(N3CCCC3)cc2)CC1. The molecule has 2 aliphatic heterocycles. The molecular weight excluding hydrogens is 416 g/mol. The summed E-state index contributed by atoms with van der Waals surface area (Å²) >= 11 is 0. The quantitative estimate of drug-likeness (QED) is 0.588. The molecule has 4 rings (SSSR count). The second-order valence-electron chi connectivity index (χ2n) is 9.06. The van der Waals surface area contributed by atoms with Gasteiger partial charge in [0.25, 0.3) is 5.91 Å². The van der Waals surface area contributed by atoms with Gasteiger partial charge in [-0.2, -0.15) is 0 Å². The van der Waals surface area contributed by atoms with Gasteiger partial charge in [0.15, 0.2) is 0 Å². The summed E-state index contributed by atoms with van der Waals surface area (Å²) in [4.78, 5) is 30.4. The normalized spacial score (nSPS) is 17.6. The first kappa shape index (κ1) is 23.1. The van der Waals surface area contributed by atoms with Crippen molar-refractivity contribution < 1.29 is 19.1 Å². The van der Waals surface area contributed by atoms with Crippen molar-refractivity contribution in [3.8, 4) is 5.75 Å². The number of piperidine rings is 1. The Kier molecular flexibility index (Phi) is 7.21. The summed E-state index contributed by atoms with van der Waals surface area (Å²) in [6, 6.07) is 15.8. The number of methoxy groups -OCH3 is 1. The lowest BCUT2D eigenvalue weighted by Crippen LogP contribution is -2.48. The Morgan fingerprint density at radius 1 is 0.909 bits per heavy atom. The van der Waals surface area contributed by atoms with Crippen LogP contribution in [-0.2, 0) is 16.0 Å². The molecule has 2 aliphatic rings. The Morgan fingerprint density at radius 3 is 2.12 bits per heavy atom. The van der Waals surface area contributed by atoms with Gasteiger partial charge in [0.1, 0.15) is 5.75 Å². The van der Waals surface area contributed by atoms with Gasteiger partial charge in [-0.1, -0.05) is 12.1 Å². The van der Waals surface area contributed by atoms with Crippen LogP contribution in [-0.4, -0.2) is 56.7 Å². The number of rotatable bonds is 7. The third-order valence-electron chi connectivity index (χ3n) is 7.00. The van der Waals surface area contributed by atoms with Crippen molar-refractivity contribution >= 4 is 17.6 Å². The van der Waals surface area contributed by atoms with Crippen LogP contribution in [0.15, 0.2) is 48.5 Å². The maximum atomic E-state index is 13.2. The van der Waals surface area contributed by atoms with Crippen molar-refractivity contribution in [2.24, 2.45) is 5.41 Å². The zero-order valence-electron chi connectivity index (χ0n) is 19.7. The lowest BCUT2D eigenvalue weighted by Gasteiger charge is -2.40. The molecule has 0 unspecified atom stereocenters. The fourth-order valence-electron chi connectivity index (χ4n) is 4.98. The second kappa shape index (κ2) is 10.3. The van der Waals surface area contributed by atoms with E-state index in [1.54, 1.807) is 7.11 Å². The molecule has 33 heavy (non-hydrogen) atoms. The van der Waals surface area contributed by atoms with Gasteiger partial charge in [-0.05, 0) is 81.0 Å². The van der Waals surface area contributed by atoms with E-state index in [1.165, 1.54) is 18.5 Å². The Balaban J connectivity index is 1.43. The summed E-state index contributed by atoms with van der Waals surface area (Å²) in [7, 11) is 1.64. The van der Waals surface area contributed by atoms with Crippen molar-refractivity contribution in [1.29, 1.82) is 0 Å². The number of benzene rings is 2. The number of ether oxygens (including phenoxy) is 2. The van der Waals surface area contributed by atoms with E-state index >= 15 is 0 Å². The van der Waals surface area contributed by atoms with Crippen molar-refractivity contribution in [3.63, 3.8) is 0 Å². The number of nitrogens with zero attached hydrogens (tertiary/aromatic N) is 2. The first-order valence-electron chi connectivity index (χ1n) is 12.0. The monoisotopic (exact) mass is 450 g/mol. The number of hydrogen-bond acceptors (Lipinski definition) is 5. The average molecular weight is 451 g/mol. The van der Waals surface area contributed by atoms with Gasteiger partial charge in [-0.25, -0.2) is 0 Å². The molecule has 6 nitrogen and oxygen atoms in total. The maximum absolute atomic E-state index is 13.2. The molecule has 2 saturated heterocycles. The van der Waals surface area contributed by atoms with Crippen LogP contribution in [0.25, 0.3) is 0 Å². The third kappa shape index (κ3) is 5.15. The van der Waals surface area contributed by atoms with Crippen LogP contribution in [0.4, 0.5) is 5.69 Å². The first-order chi connectivity index (χ1) is 16.0. The van der Waals surface area contributed by atoms with E-state index in [1.807, 2.05) is 48.2 Å². The maximum Gasteiger partial charge on any atom is 0.312 e. The predicted molar refractivity (Wildman–Crippen MR) is 129 cm³/mol. The van der Waals surface area contributed by atoms with E-state index in [0.29, 0.717) is 44.5 Å². The Bertz CT molecular complexity index is 941. The Labute approximate surface area is 196 Å². The first-order valence-corrected chi connectivity index (χ1v) is 12.0. The summed E-state index contributed by atoms with van der Waals surface area (Å²) in [6.07, 6.45) is 4.24. The molecule has 1 amide bonds. The molecule has 2 fully saturated rings. The van der Waals surface area contributed by atoms with Crippen molar-refractivity contribution in [1.82, 2.24) is 4.90 Å². The fourth-order valence-corrected chi connectivity index (χ4v) is 4.98. The predicted octanol–water partition coefficient (Wildman–Crippen LogP) is 4.32. The van der Waals surface area contributed by atoms with Crippen LogP contribution in [0.5, 0.6) is 5.75 Å². The van der Waals surface area contributed by atoms with Crippen LogP contribution in [0.2, 0.25) is 0 Å². The number of hydrogen-bond donors (Lipinski definition) is 0. The molecule has 176 valence electrons. The van der Waals surface area contributed by atoms with Crippen molar-refractivity contribution in [2.45, 2.75) is 39.0 Å². The number of carbonyl (C=O) groups excluding carboxylic acids is 2. The minimum atomic E-state index is -0.610. The van der Waals surface area contributed by atoms with Crippen LogP contribution in [0, 0.1) is 5.41 Å². The van der Waals surface area contributed by atoms with E-state index in [9.17, 15) is 9.59 Å². The van der Waals surface area contributed by atoms with Gasteiger partial charge >= 0.3 is 5.97 Å². The van der Waals surface area contributed by atoms with Crippen molar-refractivity contribution in [3.05, 3.63) is 59.7 Å². The van der Waals surface area contributed by atoms with E-state index in [2.05, 4.69) is 17.0 Å². The van der Waals surface area contributed by atoms with Crippen LogP contribution in [0.3, 0.4) is 0 Å². The number of anilines is 1. The molecule has 2 heterocycles. The summed E-state index contributed by atoms with van der Waals surface area (Å²) in [6.45, 7) is 5.45. The highest BCUT2D eigenvalue weighted by molar-refractivity contribution is 5.94. The molecule has 0 aliphatic carbocycles. The third-order valence-corrected chi connectivity index (χ3v) is 7.00. The number of esters is 1. The van der Waals surface area contributed by atoms with Gasteiger partial charge in [-0.15, -0.1) is 0 Å². The van der Waals surface area contributed by atoms with E-state index in [0.717, 1.165) is 24.4 Å². The molecular formula is C27H34N2O4. The van der Waals surface area contributed by atoms with Crippen LogP contribution < -0.4 is 9.64 Å². The highest BCUT2D eigenvalue weighted by atomic mass is 16.5. The molecule has 0 saturated carbocycles. The number of carbonyl (C=O) groups is 2. The average Bonchev–Trinajstić information content (AvgIpc) is 3.40. The van der Waals surface area contributed by atoms with E-state index in [4.69, 9.17) is 9.47 Å². The number of amides is 1. The van der Waals surface area contributed by atoms with Crippen LogP contribution >= 0.6 is 0 Å². The summed E-state index contributed by atoms with van der Waals surface area (Å²) in [5, 5.41) is 0. The summed E-state index contributed by atoms with van der Waals surface area (Å²) in [5.74, 6) is 0.660. The van der Waals surface area contributed by atoms with Crippen LogP contribution in [0.1, 0.15) is 48.5 Å². The molecule has 0 radical (unpaired) electrons. The molecule has 0 bridgehead atoms. The molecule has 2 aromatic rings. The smallest absolute Gasteiger partial charge is 0.312 e. The second-order valence-corrected chi connectivity index (χ2v) is 9.06. The highest BCUT2D eigenvalue weighted by Gasteiger charge is 2.43. The topological polar surface area (TPSA) is 59.1 Å². The zero-order valence-corrected chi connectivity index (χ0v) is 19.7. The Morgan fingerprint density at radius 2 is 1.55 bits per heavy atom. The van der Waals surface area contributed by atoms with E-state index < -0.39 is 5.41 Å². The minimum Gasteiger partial charge on any atom is -0.497 e. The highest BCUT2D eigenvalue weighted by Crippen LogP contribution is 2.37. The molecule has 0 N–H and O–H groups in total.